The van der Waals surface area contributed by atoms with Crippen molar-refractivity contribution < 1.29 is 28.9 Å². The SMILES string of the molecule is C[C@H](NC(=O)C[C@H]1C=C[C@@H](NC(=O)Nc2ccc3c(c2)OCO3)[C@H](CO)O1)c1ccccc1. The monoisotopic (exact) mass is 453 g/mol. The summed E-state index contributed by atoms with van der Waals surface area (Å²) in [6.07, 6.45) is 2.40. The third-order valence-corrected chi connectivity index (χ3v) is 5.46. The smallest absolute Gasteiger partial charge is 0.319 e. The van der Waals surface area contributed by atoms with Crippen molar-refractivity contribution in [2.24, 2.45) is 0 Å². The number of aliphatic hydroxyl groups excluding tert-OH is 1. The Morgan fingerprint density at radius 2 is 1.88 bits per heavy atom. The molecule has 9 heteroatoms. The van der Waals surface area contributed by atoms with Crippen LogP contribution >= 0.6 is 0 Å². The second-order valence-corrected chi connectivity index (χ2v) is 7.88. The van der Waals surface area contributed by atoms with Crippen LogP contribution in [0.3, 0.4) is 0 Å². The highest BCUT2D eigenvalue weighted by molar-refractivity contribution is 5.90. The largest absolute Gasteiger partial charge is 0.454 e. The predicted octanol–water partition coefficient (Wildman–Crippen LogP) is 2.49. The van der Waals surface area contributed by atoms with Crippen LogP contribution in [0.25, 0.3) is 0 Å². The van der Waals surface area contributed by atoms with E-state index in [-0.39, 0.29) is 31.8 Å². The van der Waals surface area contributed by atoms with Crippen molar-refractivity contribution >= 4 is 17.6 Å². The average Bonchev–Trinajstić information content (AvgIpc) is 3.28. The molecule has 0 saturated heterocycles. The third kappa shape index (κ3) is 5.82. The summed E-state index contributed by atoms with van der Waals surface area (Å²) >= 11 is 0. The van der Waals surface area contributed by atoms with Gasteiger partial charge in [0.05, 0.1) is 31.2 Å². The van der Waals surface area contributed by atoms with Gasteiger partial charge in [-0.25, -0.2) is 4.79 Å². The number of hydrogen-bond acceptors (Lipinski definition) is 6. The van der Waals surface area contributed by atoms with Crippen molar-refractivity contribution in [3.63, 3.8) is 0 Å². The highest BCUT2D eigenvalue weighted by atomic mass is 16.7. The van der Waals surface area contributed by atoms with Gasteiger partial charge >= 0.3 is 6.03 Å². The molecule has 0 bridgehead atoms. The molecule has 0 fully saturated rings. The first kappa shape index (κ1) is 22.6. The summed E-state index contributed by atoms with van der Waals surface area (Å²) in [5.41, 5.74) is 1.55. The number of urea groups is 1. The molecule has 3 amide bonds. The lowest BCUT2D eigenvalue weighted by Crippen LogP contribution is -2.50. The second-order valence-electron chi connectivity index (χ2n) is 7.88. The summed E-state index contributed by atoms with van der Waals surface area (Å²) in [7, 11) is 0. The van der Waals surface area contributed by atoms with E-state index >= 15 is 0 Å². The molecule has 2 aromatic rings. The molecule has 0 aliphatic carbocycles. The van der Waals surface area contributed by atoms with Gasteiger partial charge in [-0.15, -0.1) is 0 Å². The van der Waals surface area contributed by atoms with Crippen LogP contribution in [0.15, 0.2) is 60.7 Å². The number of benzene rings is 2. The number of aliphatic hydroxyl groups is 1. The molecule has 4 rings (SSSR count). The Labute approximate surface area is 191 Å². The van der Waals surface area contributed by atoms with Crippen LogP contribution in [0, 0.1) is 0 Å². The molecule has 2 aliphatic rings. The van der Waals surface area contributed by atoms with E-state index in [2.05, 4.69) is 16.0 Å². The van der Waals surface area contributed by atoms with Gasteiger partial charge in [0.2, 0.25) is 12.7 Å². The molecule has 0 aromatic heterocycles. The number of carbonyl (C=O) groups is 2. The predicted molar refractivity (Wildman–Crippen MR) is 121 cm³/mol. The minimum Gasteiger partial charge on any atom is -0.454 e. The first-order chi connectivity index (χ1) is 16.0. The minimum absolute atomic E-state index is 0.111. The van der Waals surface area contributed by atoms with Crippen LogP contribution in [-0.2, 0) is 9.53 Å². The molecule has 2 aromatic carbocycles. The van der Waals surface area contributed by atoms with E-state index in [9.17, 15) is 14.7 Å². The lowest BCUT2D eigenvalue weighted by atomic mass is 10.0. The van der Waals surface area contributed by atoms with Crippen LogP contribution in [0.1, 0.15) is 24.9 Å². The maximum absolute atomic E-state index is 12.4. The quantitative estimate of drug-likeness (QED) is 0.479. The molecule has 2 heterocycles. The molecular weight excluding hydrogens is 426 g/mol. The number of rotatable bonds is 7. The second kappa shape index (κ2) is 10.4. The Morgan fingerprint density at radius 1 is 1.09 bits per heavy atom. The number of ether oxygens (including phenoxy) is 3. The van der Waals surface area contributed by atoms with Gasteiger partial charge in [0, 0.05) is 11.8 Å². The van der Waals surface area contributed by atoms with E-state index in [0.29, 0.717) is 17.2 Å². The van der Waals surface area contributed by atoms with Gasteiger partial charge in [0.15, 0.2) is 11.5 Å². The molecule has 2 aliphatic heterocycles. The number of hydrogen-bond donors (Lipinski definition) is 4. The zero-order valence-corrected chi connectivity index (χ0v) is 18.2. The molecular formula is C24H27N3O6. The molecule has 0 saturated carbocycles. The van der Waals surface area contributed by atoms with Crippen molar-refractivity contribution in [1.82, 2.24) is 10.6 Å². The molecule has 0 spiro atoms. The van der Waals surface area contributed by atoms with Crippen LogP contribution in [0.4, 0.5) is 10.5 Å². The van der Waals surface area contributed by atoms with Gasteiger partial charge in [-0.1, -0.05) is 42.5 Å². The number of fused-ring (bicyclic) bond motifs is 1. The molecule has 4 N–H and O–H groups in total. The normalized spacial score (nSPS) is 21.8. The lowest BCUT2D eigenvalue weighted by molar-refractivity contribution is -0.125. The lowest BCUT2D eigenvalue weighted by Gasteiger charge is -2.31. The zero-order chi connectivity index (χ0) is 23.2. The van der Waals surface area contributed by atoms with Gasteiger partial charge in [0.1, 0.15) is 6.10 Å². The summed E-state index contributed by atoms with van der Waals surface area (Å²) in [6, 6.07) is 13.6. The fraction of sp³-hybridized carbons (Fsp3) is 0.333. The number of carbonyl (C=O) groups excluding carboxylic acids is 2. The van der Waals surface area contributed by atoms with Crippen molar-refractivity contribution in [1.29, 1.82) is 0 Å². The summed E-state index contributed by atoms with van der Waals surface area (Å²) in [5, 5.41) is 18.2. The van der Waals surface area contributed by atoms with Gasteiger partial charge in [-0.2, -0.15) is 0 Å². The minimum atomic E-state index is -0.679. The van der Waals surface area contributed by atoms with E-state index in [1.807, 2.05) is 37.3 Å². The van der Waals surface area contributed by atoms with Crippen molar-refractivity contribution in [3.8, 4) is 11.5 Å². The third-order valence-electron chi connectivity index (χ3n) is 5.46. The van der Waals surface area contributed by atoms with E-state index in [1.165, 1.54) is 0 Å². The maximum Gasteiger partial charge on any atom is 0.319 e. The standard InChI is InChI=1S/C24H27N3O6/c1-15(16-5-3-2-4-6-16)25-23(29)12-18-8-9-19(22(13-28)33-18)27-24(30)26-17-7-10-20-21(11-17)32-14-31-20/h2-11,15,18-19,22,28H,12-14H2,1H3,(H,25,29)(H2,26,27,30)/t15-,18+,19+,22-/m0/s1. The van der Waals surface area contributed by atoms with E-state index in [1.54, 1.807) is 30.4 Å². The van der Waals surface area contributed by atoms with E-state index < -0.39 is 24.3 Å². The maximum atomic E-state index is 12.4. The van der Waals surface area contributed by atoms with Crippen molar-refractivity contribution in [2.45, 2.75) is 37.6 Å². The molecule has 33 heavy (non-hydrogen) atoms. The van der Waals surface area contributed by atoms with Gasteiger partial charge in [-0.05, 0) is 24.6 Å². The Balaban J connectivity index is 1.29. The first-order valence-electron chi connectivity index (χ1n) is 10.8. The van der Waals surface area contributed by atoms with E-state index in [0.717, 1.165) is 5.56 Å². The molecule has 0 radical (unpaired) electrons. The van der Waals surface area contributed by atoms with Crippen LogP contribution in [-0.4, -0.2) is 48.7 Å². The molecule has 174 valence electrons. The molecule has 4 atom stereocenters. The first-order valence-corrected chi connectivity index (χ1v) is 10.8. The zero-order valence-electron chi connectivity index (χ0n) is 18.2. The molecule has 9 nitrogen and oxygen atoms in total. The van der Waals surface area contributed by atoms with Gasteiger partial charge in [-0.3, -0.25) is 4.79 Å². The molecule has 0 unspecified atom stereocenters. The van der Waals surface area contributed by atoms with Crippen LogP contribution < -0.4 is 25.4 Å². The summed E-state index contributed by atoms with van der Waals surface area (Å²) in [4.78, 5) is 24.9. The number of amides is 3. The Bertz CT molecular complexity index is 1010. The average molecular weight is 453 g/mol. The van der Waals surface area contributed by atoms with Gasteiger partial charge in [0.25, 0.3) is 0 Å². The summed E-state index contributed by atoms with van der Waals surface area (Å²) in [5.74, 6) is 1.02. The van der Waals surface area contributed by atoms with Crippen molar-refractivity contribution in [3.05, 3.63) is 66.2 Å². The van der Waals surface area contributed by atoms with Crippen molar-refractivity contribution in [2.75, 3.05) is 18.7 Å². The summed E-state index contributed by atoms with van der Waals surface area (Å²) < 4.78 is 16.4. The Hall–Kier alpha value is -3.56. The van der Waals surface area contributed by atoms with Crippen LogP contribution in [0.2, 0.25) is 0 Å². The summed E-state index contributed by atoms with van der Waals surface area (Å²) in [6.45, 7) is 1.76. The highest BCUT2D eigenvalue weighted by Gasteiger charge is 2.29. The van der Waals surface area contributed by atoms with Gasteiger partial charge < -0.3 is 35.3 Å². The fourth-order valence-corrected chi connectivity index (χ4v) is 3.74. The Morgan fingerprint density at radius 3 is 2.67 bits per heavy atom. The number of nitrogens with one attached hydrogen (secondary N) is 3. The van der Waals surface area contributed by atoms with Crippen LogP contribution in [0.5, 0.6) is 11.5 Å². The van der Waals surface area contributed by atoms with E-state index in [4.69, 9.17) is 14.2 Å². The topological polar surface area (TPSA) is 118 Å². The highest BCUT2D eigenvalue weighted by Crippen LogP contribution is 2.34. The number of anilines is 1. The Kier molecular flexibility index (Phi) is 7.11. The fourth-order valence-electron chi connectivity index (χ4n) is 3.74.